The Morgan fingerprint density at radius 2 is 2.00 bits per heavy atom. The highest BCUT2D eigenvalue weighted by atomic mass is 35.5. The Bertz CT molecular complexity index is 1170. The molecular weight excluding hydrogens is 460 g/mol. The molecule has 0 saturated carbocycles. The third kappa shape index (κ3) is 4.98. The number of nitrogens with one attached hydrogen (secondary N) is 1. The van der Waals surface area contributed by atoms with Gasteiger partial charge in [0.1, 0.15) is 0 Å². The van der Waals surface area contributed by atoms with E-state index < -0.39 is 15.9 Å². The van der Waals surface area contributed by atoms with E-state index in [4.69, 9.17) is 16.0 Å². The van der Waals surface area contributed by atoms with E-state index in [0.29, 0.717) is 23.2 Å². The van der Waals surface area contributed by atoms with Crippen LogP contribution in [0.4, 0.5) is 6.01 Å². The van der Waals surface area contributed by atoms with Gasteiger partial charge in [-0.3, -0.25) is 10.1 Å². The molecule has 3 aromatic rings. The average molecular weight is 481 g/mol. The number of anilines is 1. The lowest BCUT2D eigenvalue weighted by Crippen LogP contribution is -2.41. The molecule has 11 heteroatoms. The molecule has 1 unspecified atom stereocenters. The summed E-state index contributed by atoms with van der Waals surface area (Å²) in [6.07, 6.45) is 3.16. The van der Waals surface area contributed by atoms with Gasteiger partial charge in [-0.15, -0.1) is 16.4 Å². The monoisotopic (exact) mass is 480 g/mol. The Balaban J connectivity index is 1.42. The van der Waals surface area contributed by atoms with Gasteiger partial charge in [-0.05, 0) is 56.2 Å². The van der Waals surface area contributed by atoms with E-state index in [2.05, 4.69) is 15.5 Å². The fourth-order valence-electron chi connectivity index (χ4n) is 3.48. The Labute approximate surface area is 189 Å². The van der Waals surface area contributed by atoms with Crippen LogP contribution < -0.4 is 5.32 Å². The van der Waals surface area contributed by atoms with E-state index in [1.54, 1.807) is 6.07 Å². The van der Waals surface area contributed by atoms with Crippen molar-refractivity contribution in [2.75, 3.05) is 11.9 Å². The number of piperidine rings is 1. The fourth-order valence-corrected chi connectivity index (χ4v) is 6.26. The van der Waals surface area contributed by atoms with E-state index in [1.807, 2.05) is 13.0 Å². The van der Waals surface area contributed by atoms with Crippen molar-refractivity contribution in [3.05, 3.63) is 57.1 Å². The minimum atomic E-state index is -3.58. The summed E-state index contributed by atoms with van der Waals surface area (Å²) in [5.41, 5.74) is 0.287. The third-order valence-electron chi connectivity index (χ3n) is 5.11. The summed E-state index contributed by atoms with van der Waals surface area (Å²) in [6.45, 7) is 2.44. The van der Waals surface area contributed by atoms with Crippen molar-refractivity contribution in [1.82, 2.24) is 14.5 Å². The molecule has 0 bridgehead atoms. The maximum atomic E-state index is 12.9. The second-order valence-corrected chi connectivity index (χ2v) is 11.0. The molecule has 1 amide bonds. The molecule has 1 aliphatic rings. The van der Waals surface area contributed by atoms with Crippen LogP contribution in [-0.4, -0.2) is 41.4 Å². The van der Waals surface area contributed by atoms with Crippen LogP contribution in [0.15, 0.2) is 45.7 Å². The smallest absolute Gasteiger partial charge is 0.322 e. The Morgan fingerprint density at radius 1 is 1.23 bits per heavy atom. The summed E-state index contributed by atoms with van der Waals surface area (Å²) in [6, 6.07) is 9.45. The minimum absolute atomic E-state index is 0.0264. The van der Waals surface area contributed by atoms with E-state index in [-0.39, 0.29) is 22.5 Å². The third-order valence-corrected chi connectivity index (χ3v) is 8.37. The molecule has 0 aliphatic carbocycles. The number of sulfonamides is 1. The summed E-state index contributed by atoms with van der Waals surface area (Å²) in [4.78, 5) is 13.6. The number of rotatable bonds is 6. The predicted molar refractivity (Wildman–Crippen MR) is 118 cm³/mol. The highest BCUT2D eigenvalue weighted by Gasteiger charge is 2.31. The molecule has 0 spiro atoms. The number of aromatic nitrogens is 2. The summed E-state index contributed by atoms with van der Waals surface area (Å²) in [5, 5.41) is 10.3. The number of hydrogen-bond acceptors (Lipinski definition) is 7. The van der Waals surface area contributed by atoms with E-state index in [0.717, 1.165) is 24.1 Å². The average Bonchev–Trinajstić information content (AvgIpc) is 3.37. The number of halogens is 1. The molecule has 164 valence electrons. The van der Waals surface area contributed by atoms with Gasteiger partial charge in [0, 0.05) is 23.0 Å². The zero-order valence-corrected chi connectivity index (χ0v) is 19.1. The van der Waals surface area contributed by atoms with Crippen LogP contribution in [0.2, 0.25) is 4.34 Å². The lowest BCUT2D eigenvalue weighted by Gasteiger charge is -2.32. The van der Waals surface area contributed by atoms with Crippen LogP contribution >= 0.6 is 22.9 Å². The summed E-state index contributed by atoms with van der Waals surface area (Å²) in [5.74, 6) is -0.115. The van der Waals surface area contributed by atoms with Gasteiger partial charge in [-0.25, -0.2) is 8.42 Å². The number of amides is 1. The number of nitrogens with zero attached hydrogens (tertiary/aromatic N) is 3. The molecule has 1 fully saturated rings. The second kappa shape index (κ2) is 9.07. The maximum Gasteiger partial charge on any atom is 0.322 e. The Kier molecular flexibility index (Phi) is 6.42. The van der Waals surface area contributed by atoms with Crippen LogP contribution in [-0.2, 0) is 16.4 Å². The summed E-state index contributed by atoms with van der Waals surface area (Å²) < 4.78 is 33.5. The van der Waals surface area contributed by atoms with Gasteiger partial charge in [0.2, 0.25) is 15.9 Å². The highest BCUT2D eigenvalue weighted by molar-refractivity contribution is 7.89. The first kappa shape index (κ1) is 21.9. The molecule has 4 rings (SSSR count). The normalized spacial score (nSPS) is 17.5. The lowest BCUT2D eigenvalue weighted by atomic mass is 10.1. The second-order valence-electron chi connectivity index (χ2n) is 7.32. The van der Waals surface area contributed by atoms with Gasteiger partial charge in [0.25, 0.3) is 5.91 Å². The zero-order chi connectivity index (χ0) is 22.0. The maximum absolute atomic E-state index is 12.9. The summed E-state index contributed by atoms with van der Waals surface area (Å²) >= 11 is 7.33. The van der Waals surface area contributed by atoms with Crippen LogP contribution in [0.5, 0.6) is 0 Å². The minimum Gasteiger partial charge on any atom is -0.407 e. The molecule has 1 aromatic carbocycles. The van der Waals surface area contributed by atoms with Crippen molar-refractivity contribution in [2.24, 2.45) is 0 Å². The molecular formula is C20H21ClN4O4S2. The number of benzene rings is 1. The van der Waals surface area contributed by atoms with Crippen LogP contribution in [0.1, 0.15) is 47.3 Å². The molecule has 2 aromatic heterocycles. The Morgan fingerprint density at radius 3 is 2.68 bits per heavy atom. The molecule has 1 atom stereocenters. The van der Waals surface area contributed by atoms with E-state index >= 15 is 0 Å². The fraction of sp³-hybridized carbons (Fsp3) is 0.350. The predicted octanol–water partition coefficient (Wildman–Crippen LogP) is 4.19. The van der Waals surface area contributed by atoms with Gasteiger partial charge in [0.15, 0.2) is 0 Å². The first-order chi connectivity index (χ1) is 14.8. The summed E-state index contributed by atoms with van der Waals surface area (Å²) in [7, 11) is -3.58. The van der Waals surface area contributed by atoms with E-state index in [9.17, 15) is 13.2 Å². The number of carbonyl (C=O) groups is 1. The Hall–Kier alpha value is -2.27. The largest absolute Gasteiger partial charge is 0.407 e. The van der Waals surface area contributed by atoms with E-state index in [1.165, 1.54) is 39.9 Å². The lowest BCUT2D eigenvalue weighted by molar-refractivity contribution is 0.102. The van der Waals surface area contributed by atoms with Crippen molar-refractivity contribution in [3.63, 3.8) is 0 Å². The van der Waals surface area contributed by atoms with Gasteiger partial charge in [-0.2, -0.15) is 4.31 Å². The van der Waals surface area contributed by atoms with Gasteiger partial charge < -0.3 is 4.42 Å². The molecule has 1 saturated heterocycles. The first-order valence-corrected chi connectivity index (χ1v) is 12.5. The molecule has 3 heterocycles. The van der Waals surface area contributed by atoms with Crippen molar-refractivity contribution < 1.29 is 17.6 Å². The molecule has 0 radical (unpaired) electrons. The van der Waals surface area contributed by atoms with Crippen molar-refractivity contribution in [3.8, 4) is 0 Å². The molecule has 8 nitrogen and oxygen atoms in total. The molecule has 1 aliphatic heterocycles. The molecule has 31 heavy (non-hydrogen) atoms. The standard InChI is InChI=1S/C20H21ClN4O4S2/c1-13-4-2-3-11-25(13)31(27,28)16-8-5-14(6-9-16)19(26)22-20-24-23-18(29-20)12-15-7-10-17(21)30-15/h5-10,13H,2-4,11-12H2,1H3,(H,22,24,26). The number of hydrogen-bond donors (Lipinski definition) is 1. The van der Waals surface area contributed by atoms with Gasteiger partial charge >= 0.3 is 6.01 Å². The highest BCUT2D eigenvalue weighted by Crippen LogP contribution is 2.26. The SMILES string of the molecule is CC1CCCCN1S(=O)(=O)c1ccc(C(=O)Nc2nnc(Cc3ccc(Cl)s3)o2)cc1. The van der Waals surface area contributed by atoms with Crippen molar-refractivity contribution in [1.29, 1.82) is 0 Å². The van der Waals surface area contributed by atoms with Crippen molar-refractivity contribution >= 4 is 44.9 Å². The number of carbonyl (C=O) groups excluding carboxylic acids is 1. The van der Waals surface area contributed by atoms with Crippen LogP contribution in [0.3, 0.4) is 0 Å². The van der Waals surface area contributed by atoms with Crippen LogP contribution in [0.25, 0.3) is 0 Å². The quantitative estimate of drug-likeness (QED) is 0.567. The number of thiophene rings is 1. The van der Waals surface area contributed by atoms with Gasteiger partial charge in [-0.1, -0.05) is 23.1 Å². The zero-order valence-electron chi connectivity index (χ0n) is 16.7. The van der Waals surface area contributed by atoms with Gasteiger partial charge in [0.05, 0.1) is 15.7 Å². The van der Waals surface area contributed by atoms with Crippen molar-refractivity contribution in [2.45, 2.75) is 43.5 Å². The van der Waals surface area contributed by atoms with Crippen LogP contribution in [0, 0.1) is 0 Å². The molecule has 1 N–H and O–H groups in total. The topological polar surface area (TPSA) is 105 Å². The first-order valence-electron chi connectivity index (χ1n) is 9.83.